The van der Waals surface area contributed by atoms with Crippen molar-refractivity contribution in [2.45, 2.75) is 57.2 Å². The molecule has 98 valence electrons. The lowest BCUT2D eigenvalue weighted by atomic mass is 9.88. The lowest BCUT2D eigenvalue weighted by Crippen LogP contribution is -2.43. The predicted molar refractivity (Wildman–Crippen MR) is 76.1 cm³/mol. The molecule has 0 aromatic rings. The molecule has 0 heterocycles. The van der Waals surface area contributed by atoms with Crippen molar-refractivity contribution in [3.05, 3.63) is 24.8 Å². The summed E-state index contributed by atoms with van der Waals surface area (Å²) in [5, 5.41) is 0. The average Bonchev–Trinajstić information content (AvgIpc) is 2.28. The fourth-order valence-corrected chi connectivity index (χ4v) is 2.88. The van der Waals surface area contributed by atoms with Gasteiger partial charge in [-0.05, 0) is 52.4 Å². The van der Waals surface area contributed by atoms with Crippen molar-refractivity contribution in [3.8, 4) is 0 Å². The quantitative estimate of drug-likeness (QED) is 0.750. The Hall–Kier alpha value is -0.410. The molecular weight excluding hydrogens is 230 g/mol. The molecule has 0 aromatic heterocycles. The zero-order chi connectivity index (χ0) is 12.9. The Kier molecular flexibility index (Phi) is 5.60. The van der Waals surface area contributed by atoms with E-state index in [9.17, 15) is 4.21 Å². The summed E-state index contributed by atoms with van der Waals surface area (Å²) < 4.78 is 15.2. The molecule has 1 aliphatic rings. The Bertz CT molecular complexity index is 304. The van der Waals surface area contributed by atoms with Crippen LogP contribution in [-0.2, 0) is 11.0 Å². The molecule has 0 fully saturated rings. The van der Waals surface area contributed by atoms with E-state index in [2.05, 4.69) is 23.5 Å². The summed E-state index contributed by atoms with van der Waals surface area (Å²) in [7, 11) is -1.00. The van der Waals surface area contributed by atoms with Gasteiger partial charge in [-0.2, -0.15) is 0 Å². The van der Waals surface area contributed by atoms with Gasteiger partial charge in [-0.1, -0.05) is 18.2 Å². The molecule has 3 heteroatoms. The van der Waals surface area contributed by atoms with Crippen LogP contribution in [0.5, 0.6) is 0 Å². The molecule has 0 saturated heterocycles. The molecule has 0 aromatic carbocycles. The maximum Gasteiger partial charge on any atom is 0.0973 e. The summed E-state index contributed by atoms with van der Waals surface area (Å²) in [6.45, 7) is 9.80. The van der Waals surface area contributed by atoms with Gasteiger partial charge in [-0.25, -0.2) is 8.93 Å². The first-order chi connectivity index (χ1) is 7.95. The van der Waals surface area contributed by atoms with Crippen LogP contribution < -0.4 is 4.72 Å². The van der Waals surface area contributed by atoms with Crippen LogP contribution in [0, 0.1) is 5.92 Å². The van der Waals surface area contributed by atoms with Crippen molar-refractivity contribution in [2.24, 2.45) is 5.92 Å². The zero-order valence-electron chi connectivity index (χ0n) is 11.2. The van der Waals surface area contributed by atoms with Crippen molar-refractivity contribution in [1.29, 1.82) is 0 Å². The van der Waals surface area contributed by atoms with Gasteiger partial charge in [0.1, 0.15) is 0 Å². The van der Waals surface area contributed by atoms with E-state index in [1.807, 2.05) is 26.8 Å². The summed E-state index contributed by atoms with van der Waals surface area (Å²) in [6.07, 6.45) is 10.9. The van der Waals surface area contributed by atoms with Gasteiger partial charge >= 0.3 is 0 Å². The van der Waals surface area contributed by atoms with E-state index in [0.29, 0.717) is 5.92 Å². The molecule has 17 heavy (non-hydrogen) atoms. The van der Waals surface area contributed by atoms with Gasteiger partial charge in [0.2, 0.25) is 0 Å². The van der Waals surface area contributed by atoms with Gasteiger partial charge in [0.25, 0.3) is 0 Å². The largest absolute Gasteiger partial charge is 0.242 e. The first-order valence-corrected chi connectivity index (χ1v) is 7.55. The number of rotatable bonds is 5. The van der Waals surface area contributed by atoms with Crippen molar-refractivity contribution < 1.29 is 4.21 Å². The third-order valence-corrected chi connectivity index (χ3v) is 4.67. The summed E-state index contributed by atoms with van der Waals surface area (Å²) in [4.78, 5) is 0. The van der Waals surface area contributed by atoms with Crippen molar-refractivity contribution in [3.63, 3.8) is 0 Å². The average molecular weight is 255 g/mol. The minimum atomic E-state index is -1.00. The lowest BCUT2D eigenvalue weighted by Gasteiger charge is -2.29. The van der Waals surface area contributed by atoms with Gasteiger partial charge < -0.3 is 0 Å². The summed E-state index contributed by atoms with van der Waals surface area (Å²) in [5.74, 6) is 0.494. The molecule has 3 unspecified atom stereocenters. The standard InChI is InChI=1S/C14H25NOS/c1-5-9-13(12-10-7-6-8-11-12)15-17(16)14(2,3)4/h5,7,10,12-13,15H,1,6,8-9,11H2,2-4H3. The molecule has 1 rings (SSSR count). The Labute approximate surface area is 108 Å². The highest BCUT2D eigenvalue weighted by Crippen LogP contribution is 2.23. The van der Waals surface area contributed by atoms with E-state index in [0.717, 1.165) is 6.42 Å². The van der Waals surface area contributed by atoms with Crippen LogP contribution in [-0.4, -0.2) is 15.0 Å². The second kappa shape index (κ2) is 6.50. The summed E-state index contributed by atoms with van der Waals surface area (Å²) in [6, 6.07) is 0.254. The molecule has 0 radical (unpaired) electrons. The molecule has 1 aliphatic carbocycles. The van der Waals surface area contributed by atoms with Crippen molar-refractivity contribution >= 4 is 11.0 Å². The molecule has 0 saturated carbocycles. The second-order valence-electron chi connectivity index (χ2n) is 5.65. The van der Waals surface area contributed by atoms with Gasteiger partial charge in [0.05, 0.1) is 15.7 Å². The maximum atomic E-state index is 12.1. The molecule has 3 atom stereocenters. The van der Waals surface area contributed by atoms with Crippen LogP contribution in [0.15, 0.2) is 24.8 Å². The van der Waals surface area contributed by atoms with Gasteiger partial charge in [-0.15, -0.1) is 6.58 Å². The van der Waals surface area contributed by atoms with Crippen LogP contribution in [0.3, 0.4) is 0 Å². The minimum Gasteiger partial charge on any atom is -0.242 e. The number of nitrogens with one attached hydrogen (secondary N) is 1. The highest BCUT2D eigenvalue weighted by Gasteiger charge is 2.26. The molecule has 1 N–H and O–H groups in total. The monoisotopic (exact) mass is 255 g/mol. The number of hydrogen-bond acceptors (Lipinski definition) is 1. The van der Waals surface area contributed by atoms with E-state index in [1.54, 1.807) is 0 Å². The van der Waals surface area contributed by atoms with Crippen LogP contribution >= 0.6 is 0 Å². The van der Waals surface area contributed by atoms with Crippen LogP contribution in [0.1, 0.15) is 46.5 Å². The first-order valence-electron chi connectivity index (χ1n) is 6.40. The molecule has 0 spiro atoms. The number of hydrogen-bond donors (Lipinski definition) is 1. The highest BCUT2D eigenvalue weighted by molar-refractivity contribution is 7.84. The summed E-state index contributed by atoms with van der Waals surface area (Å²) in [5.41, 5.74) is 0. The normalized spacial score (nSPS) is 24.3. The molecule has 0 bridgehead atoms. The number of allylic oxidation sites excluding steroid dienone is 1. The van der Waals surface area contributed by atoms with E-state index >= 15 is 0 Å². The lowest BCUT2D eigenvalue weighted by molar-refractivity contribution is 0.420. The van der Waals surface area contributed by atoms with Crippen LogP contribution in [0.4, 0.5) is 0 Å². The molecule has 2 nitrogen and oxygen atoms in total. The highest BCUT2D eigenvalue weighted by atomic mass is 32.2. The second-order valence-corrected chi connectivity index (χ2v) is 7.65. The fourth-order valence-electron chi connectivity index (χ4n) is 1.98. The minimum absolute atomic E-state index is 0.211. The Morgan fingerprint density at radius 1 is 1.59 bits per heavy atom. The van der Waals surface area contributed by atoms with E-state index in [-0.39, 0.29) is 10.8 Å². The fraction of sp³-hybridized carbons (Fsp3) is 0.714. The maximum absolute atomic E-state index is 12.1. The van der Waals surface area contributed by atoms with Crippen molar-refractivity contribution in [2.75, 3.05) is 0 Å². The Morgan fingerprint density at radius 2 is 2.29 bits per heavy atom. The van der Waals surface area contributed by atoms with E-state index < -0.39 is 11.0 Å². The molecule has 0 amide bonds. The van der Waals surface area contributed by atoms with E-state index in [1.165, 1.54) is 19.3 Å². The molecule has 0 aliphatic heterocycles. The first kappa shape index (κ1) is 14.7. The predicted octanol–water partition coefficient (Wildman–Crippen LogP) is 3.34. The Morgan fingerprint density at radius 3 is 2.76 bits per heavy atom. The van der Waals surface area contributed by atoms with Gasteiger partial charge in [0.15, 0.2) is 0 Å². The third kappa shape index (κ3) is 4.76. The smallest absolute Gasteiger partial charge is 0.0973 e. The SMILES string of the molecule is C=CCC(NS(=O)C(C)(C)C)C1C=CCCC1. The zero-order valence-corrected chi connectivity index (χ0v) is 12.1. The molecular formula is C14H25NOS. The summed E-state index contributed by atoms with van der Waals surface area (Å²) >= 11 is 0. The van der Waals surface area contributed by atoms with Crippen molar-refractivity contribution in [1.82, 2.24) is 4.72 Å². The van der Waals surface area contributed by atoms with Crippen LogP contribution in [0.2, 0.25) is 0 Å². The van der Waals surface area contributed by atoms with Gasteiger partial charge in [0, 0.05) is 6.04 Å². The topological polar surface area (TPSA) is 29.1 Å². The van der Waals surface area contributed by atoms with Crippen LogP contribution in [0.25, 0.3) is 0 Å². The Balaban J connectivity index is 2.65. The van der Waals surface area contributed by atoms with Gasteiger partial charge in [-0.3, -0.25) is 0 Å². The third-order valence-electron chi connectivity index (χ3n) is 3.04. The van der Waals surface area contributed by atoms with E-state index in [4.69, 9.17) is 0 Å².